The second-order valence-electron chi connectivity index (χ2n) is 4.63. The lowest BCUT2D eigenvalue weighted by molar-refractivity contribution is -0.380. The van der Waals surface area contributed by atoms with Crippen LogP contribution in [0.1, 0.15) is 33.2 Å². The second-order valence-corrected chi connectivity index (χ2v) is 5.66. The van der Waals surface area contributed by atoms with Crippen molar-refractivity contribution in [1.82, 2.24) is 0 Å². The van der Waals surface area contributed by atoms with Crippen molar-refractivity contribution in [3.8, 4) is 0 Å². The molecular weight excluding hydrogens is 320 g/mol. The fraction of sp³-hybridized carbons (Fsp3) is 0.200. The van der Waals surface area contributed by atoms with Gasteiger partial charge < -0.3 is 10.1 Å². The Hall–Kier alpha value is -2.74. The Balaban J connectivity index is 2.30. The number of hydrogen-bond acceptors (Lipinski definition) is 6. The van der Waals surface area contributed by atoms with Crippen LogP contribution in [0.4, 0.5) is 10.0 Å². The van der Waals surface area contributed by atoms with Crippen LogP contribution in [0.3, 0.4) is 0 Å². The van der Waals surface area contributed by atoms with Crippen molar-refractivity contribution < 1.29 is 19.2 Å². The third kappa shape index (κ3) is 3.92. The van der Waals surface area contributed by atoms with E-state index in [0.717, 1.165) is 11.6 Å². The first-order valence-electron chi connectivity index (χ1n) is 6.75. The normalized spacial score (nSPS) is 10.2. The molecule has 0 aliphatic heterocycles. The number of carbonyl (C=O) groups excluding carboxylic acids is 2. The Morgan fingerprint density at radius 3 is 2.52 bits per heavy atom. The first-order chi connectivity index (χ1) is 10.9. The number of nitrogens with one attached hydrogen (secondary N) is 1. The van der Waals surface area contributed by atoms with Gasteiger partial charge in [-0.2, -0.15) is 0 Å². The molecule has 23 heavy (non-hydrogen) atoms. The highest BCUT2D eigenvalue weighted by atomic mass is 32.1. The molecule has 0 aliphatic carbocycles. The minimum atomic E-state index is -0.712. The van der Waals surface area contributed by atoms with Crippen molar-refractivity contribution in [2.24, 2.45) is 0 Å². The number of anilines is 1. The predicted molar refractivity (Wildman–Crippen MR) is 86.1 cm³/mol. The Kier molecular flexibility index (Phi) is 5.07. The van der Waals surface area contributed by atoms with E-state index in [1.54, 1.807) is 31.2 Å². The van der Waals surface area contributed by atoms with Crippen LogP contribution < -0.4 is 5.32 Å². The summed E-state index contributed by atoms with van der Waals surface area (Å²) in [6.07, 6.45) is 0. The van der Waals surface area contributed by atoms with E-state index in [4.69, 9.17) is 4.74 Å². The molecule has 1 N–H and O–H groups in total. The van der Waals surface area contributed by atoms with Crippen LogP contribution in [0.5, 0.6) is 0 Å². The van der Waals surface area contributed by atoms with Crippen molar-refractivity contribution >= 4 is 33.2 Å². The van der Waals surface area contributed by atoms with E-state index in [1.807, 2.05) is 6.92 Å². The van der Waals surface area contributed by atoms with E-state index in [2.05, 4.69) is 5.32 Å². The summed E-state index contributed by atoms with van der Waals surface area (Å²) in [4.78, 5) is 34.4. The summed E-state index contributed by atoms with van der Waals surface area (Å²) in [5.41, 5.74) is 1.37. The quantitative estimate of drug-likeness (QED) is 0.513. The Morgan fingerprint density at radius 2 is 1.96 bits per heavy atom. The Morgan fingerprint density at radius 1 is 1.30 bits per heavy atom. The molecular formula is C15H14N2O5S. The van der Waals surface area contributed by atoms with Crippen molar-refractivity contribution in [3.63, 3.8) is 0 Å². The number of nitro groups is 1. The molecule has 1 amide bonds. The highest BCUT2D eigenvalue weighted by Crippen LogP contribution is 2.34. The molecule has 0 spiro atoms. The molecule has 1 aromatic carbocycles. The highest BCUT2D eigenvalue weighted by Gasteiger charge is 2.24. The monoisotopic (exact) mass is 334 g/mol. The zero-order valence-corrected chi connectivity index (χ0v) is 13.3. The number of hydrogen-bond donors (Lipinski definition) is 1. The van der Waals surface area contributed by atoms with Gasteiger partial charge in [0, 0.05) is 11.6 Å². The lowest BCUT2D eigenvalue weighted by Crippen LogP contribution is -2.14. The molecule has 0 atom stereocenters. The van der Waals surface area contributed by atoms with Crippen LogP contribution in [-0.4, -0.2) is 23.4 Å². The van der Waals surface area contributed by atoms with Crippen molar-refractivity contribution in [2.45, 2.75) is 13.8 Å². The molecule has 1 aromatic heterocycles. The first-order valence-corrected chi connectivity index (χ1v) is 7.57. The number of carbonyl (C=O) groups is 2. The summed E-state index contributed by atoms with van der Waals surface area (Å²) < 4.78 is 4.86. The zero-order valence-electron chi connectivity index (χ0n) is 12.5. The number of ether oxygens (including phenoxy) is 1. The Bertz CT molecular complexity index is 752. The SMILES string of the molecule is CCOC(=O)c1cc([N+](=O)[O-])sc1NC(=O)c1ccc(C)cc1. The third-order valence-corrected chi connectivity index (χ3v) is 3.94. The second kappa shape index (κ2) is 7.01. The number of benzene rings is 1. The molecule has 7 nitrogen and oxygen atoms in total. The fourth-order valence-electron chi connectivity index (χ4n) is 1.80. The molecule has 120 valence electrons. The maximum absolute atomic E-state index is 12.2. The minimum absolute atomic E-state index is 0.0241. The van der Waals surface area contributed by atoms with Gasteiger partial charge in [-0.05, 0) is 37.3 Å². The fourth-order valence-corrected chi connectivity index (χ4v) is 2.66. The van der Waals surface area contributed by atoms with Crippen LogP contribution in [-0.2, 0) is 4.74 Å². The van der Waals surface area contributed by atoms with Gasteiger partial charge in [-0.1, -0.05) is 17.7 Å². The van der Waals surface area contributed by atoms with Gasteiger partial charge in [0.25, 0.3) is 5.91 Å². The van der Waals surface area contributed by atoms with Crippen LogP contribution in [0.25, 0.3) is 0 Å². The standard InChI is InChI=1S/C15H14N2O5S/c1-3-22-15(19)11-8-12(17(20)21)23-14(11)16-13(18)10-6-4-9(2)5-7-10/h4-8H,3H2,1-2H3,(H,16,18). The van der Waals surface area contributed by atoms with Crippen LogP contribution in [0.2, 0.25) is 0 Å². The number of amides is 1. The number of nitrogens with zero attached hydrogens (tertiary/aromatic N) is 1. The molecule has 0 saturated heterocycles. The topological polar surface area (TPSA) is 98.5 Å². The molecule has 0 bridgehead atoms. The van der Waals surface area contributed by atoms with Gasteiger partial charge in [0.05, 0.1) is 11.5 Å². The lowest BCUT2D eigenvalue weighted by Gasteiger charge is -2.06. The van der Waals surface area contributed by atoms with Crippen molar-refractivity contribution in [1.29, 1.82) is 0 Å². The van der Waals surface area contributed by atoms with Gasteiger partial charge in [-0.25, -0.2) is 4.79 Å². The van der Waals surface area contributed by atoms with Crippen molar-refractivity contribution in [3.05, 3.63) is 57.1 Å². The third-order valence-electron chi connectivity index (χ3n) is 2.94. The van der Waals surface area contributed by atoms with Crippen LogP contribution >= 0.6 is 11.3 Å². The zero-order chi connectivity index (χ0) is 17.0. The molecule has 0 radical (unpaired) electrons. The summed E-state index contributed by atoms with van der Waals surface area (Å²) in [5.74, 6) is -1.16. The number of thiophene rings is 1. The average Bonchev–Trinajstić information content (AvgIpc) is 2.92. The number of aryl methyl sites for hydroxylation is 1. The molecule has 2 aromatic rings. The average molecular weight is 334 g/mol. The van der Waals surface area contributed by atoms with Crippen molar-refractivity contribution in [2.75, 3.05) is 11.9 Å². The maximum Gasteiger partial charge on any atom is 0.341 e. The number of esters is 1. The summed E-state index contributed by atoms with van der Waals surface area (Å²) in [7, 11) is 0. The highest BCUT2D eigenvalue weighted by molar-refractivity contribution is 7.19. The minimum Gasteiger partial charge on any atom is -0.462 e. The molecule has 2 rings (SSSR count). The summed E-state index contributed by atoms with van der Waals surface area (Å²) in [5, 5.41) is 13.3. The molecule has 8 heteroatoms. The maximum atomic E-state index is 12.2. The molecule has 0 fully saturated rings. The van der Waals surface area contributed by atoms with Gasteiger partial charge in [-0.3, -0.25) is 14.9 Å². The van der Waals surface area contributed by atoms with E-state index in [-0.39, 0.29) is 22.2 Å². The molecule has 1 heterocycles. The van der Waals surface area contributed by atoms with E-state index in [9.17, 15) is 19.7 Å². The van der Waals surface area contributed by atoms with Crippen LogP contribution in [0, 0.1) is 17.0 Å². The lowest BCUT2D eigenvalue weighted by atomic mass is 10.1. The van der Waals surface area contributed by atoms with Gasteiger partial charge in [0.1, 0.15) is 10.6 Å². The Labute approximate surface area is 136 Å². The smallest absolute Gasteiger partial charge is 0.341 e. The van der Waals surface area contributed by atoms with E-state index in [1.165, 1.54) is 0 Å². The summed E-state index contributed by atoms with van der Waals surface area (Å²) >= 11 is 0.716. The van der Waals surface area contributed by atoms with E-state index < -0.39 is 16.8 Å². The van der Waals surface area contributed by atoms with E-state index >= 15 is 0 Å². The van der Waals surface area contributed by atoms with Gasteiger partial charge in [-0.15, -0.1) is 0 Å². The van der Waals surface area contributed by atoms with E-state index in [0.29, 0.717) is 16.9 Å². The van der Waals surface area contributed by atoms with Gasteiger partial charge in [0.2, 0.25) is 0 Å². The predicted octanol–water partition coefficient (Wildman–Crippen LogP) is 3.39. The number of rotatable bonds is 5. The molecule has 0 unspecified atom stereocenters. The molecule has 0 saturated carbocycles. The van der Waals surface area contributed by atoms with Gasteiger partial charge >= 0.3 is 11.0 Å². The van der Waals surface area contributed by atoms with Crippen LogP contribution in [0.15, 0.2) is 30.3 Å². The molecule has 0 aliphatic rings. The summed E-state index contributed by atoms with van der Waals surface area (Å²) in [6, 6.07) is 7.93. The summed E-state index contributed by atoms with van der Waals surface area (Å²) in [6.45, 7) is 3.65. The largest absolute Gasteiger partial charge is 0.462 e. The van der Waals surface area contributed by atoms with Gasteiger partial charge in [0.15, 0.2) is 0 Å². The first kappa shape index (κ1) is 16.6.